The van der Waals surface area contributed by atoms with Gasteiger partial charge in [0.2, 0.25) is 0 Å². The first-order chi connectivity index (χ1) is 6.65. The number of hydrogen-bond acceptors (Lipinski definition) is 2. The lowest BCUT2D eigenvalue weighted by Crippen LogP contribution is -2.12. The Balaban J connectivity index is 2.82. The summed E-state index contributed by atoms with van der Waals surface area (Å²) >= 11 is 0. The van der Waals surface area contributed by atoms with Crippen LogP contribution < -0.4 is 5.73 Å². The maximum Gasteiger partial charge on any atom is 0.0449 e. The predicted octanol–water partition coefficient (Wildman–Crippen LogP) is 2.19. The molecule has 0 spiro atoms. The third kappa shape index (κ3) is 2.82. The molecule has 0 aliphatic rings. The van der Waals surface area contributed by atoms with E-state index < -0.39 is 0 Å². The van der Waals surface area contributed by atoms with E-state index in [9.17, 15) is 0 Å². The molecule has 0 saturated heterocycles. The van der Waals surface area contributed by atoms with E-state index in [-0.39, 0.29) is 12.6 Å². The molecule has 3 N–H and O–H groups in total. The summed E-state index contributed by atoms with van der Waals surface area (Å²) in [5, 5.41) is 8.80. The van der Waals surface area contributed by atoms with Gasteiger partial charge >= 0.3 is 0 Å². The molecule has 0 bridgehead atoms. The van der Waals surface area contributed by atoms with Gasteiger partial charge in [-0.2, -0.15) is 0 Å². The highest BCUT2D eigenvalue weighted by atomic mass is 16.3. The van der Waals surface area contributed by atoms with E-state index in [1.165, 1.54) is 5.56 Å². The van der Waals surface area contributed by atoms with E-state index in [4.69, 9.17) is 10.8 Å². The number of rotatable bonds is 4. The van der Waals surface area contributed by atoms with Gasteiger partial charge < -0.3 is 10.8 Å². The molecule has 0 aliphatic carbocycles. The fourth-order valence-corrected chi connectivity index (χ4v) is 1.45. The van der Waals surface area contributed by atoms with Crippen LogP contribution in [0.2, 0.25) is 0 Å². The minimum Gasteiger partial charge on any atom is -0.396 e. The van der Waals surface area contributed by atoms with Gasteiger partial charge in [-0.05, 0) is 23.5 Å². The largest absolute Gasteiger partial charge is 0.396 e. The zero-order valence-electron chi connectivity index (χ0n) is 8.90. The highest BCUT2D eigenvalue weighted by molar-refractivity contribution is 5.27. The van der Waals surface area contributed by atoms with E-state index in [1.807, 2.05) is 12.1 Å². The Morgan fingerprint density at radius 2 is 1.93 bits per heavy atom. The minimum absolute atomic E-state index is 0.0429. The number of nitrogens with two attached hydrogens (primary N) is 1. The van der Waals surface area contributed by atoms with E-state index in [1.54, 1.807) is 0 Å². The average Bonchev–Trinajstić information content (AvgIpc) is 2.18. The molecule has 0 amide bonds. The molecule has 0 fully saturated rings. The van der Waals surface area contributed by atoms with Crippen molar-refractivity contribution < 1.29 is 5.11 Å². The number of aliphatic hydroxyl groups excluding tert-OH is 1. The number of aliphatic hydroxyl groups is 1. The molecule has 0 heterocycles. The van der Waals surface area contributed by atoms with Crippen molar-refractivity contribution in [1.29, 1.82) is 0 Å². The highest BCUT2D eigenvalue weighted by Crippen LogP contribution is 2.20. The molecule has 2 heteroatoms. The Labute approximate surface area is 85.8 Å². The van der Waals surface area contributed by atoms with Crippen LogP contribution in [0.5, 0.6) is 0 Å². The summed E-state index contributed by atoms with van der Waals surface area (Å²) in [5.41, 5.74) is 8.33. The molecule has 0 saturated carbocycles. The molecule has 1 rings (SSSR count). The second-order valence-electron chi connectivity index (χ2n) is 3.94. The maximum atomic E-state index is 8.80. The van der Waals surface area contributed by atoms with Gasteiger partial charge in [-0.3, -0.25) is 0 Å². The van der Waals surface area contributed by atoms with Gasteiger partial charge in [-0.25, -0.2) is 0 Å². The zero-order valence-corrected chi connectivity index (χ0v) is 8.90. The van der Waals surface area contributed by atoms with E-state index in [0.29, 0.717) is 12.3 Å². The first kappa shape index (κ1) is 11.2. The first-order valence-corrected chi connectivity index (χ1v) is 5.11. The van der Waals surface area contributed by atoms with Crippen LogP contribution in [0.25, 0.3) is 0 Å². The van der Waals surface area contributed by atoms with Crippen molar-refractivity contribution >= 4 is 0 Å². The summed E-state index contributed by atoms with van der Waals surface area (Å²) < 4.78 is 0. The quantitative estimate of drug-likeness (QED) is 0.770. The fourth-order valence-electron chi connectivity index (χ4n) is 1.45. The third-order valence-corrected chi connectivity index (χ3v) is 2.45. The van der Waals surface area contributed by atoms with Crippen molar-refractivity contribution in [3.8, 4) is 0 Å². The molecular formula is C12H19NO. The van der Waals surface area contributed by atoms with E-state index >= 15 is 0 Å². The van der Waals surface area contributed by atoms with Gasteiger partial charge in [0.1, 0.15) is 0 Å². The summed E-state index contributed by atoms with van der Waals surface area (Å²) in [6.07, 6.45) is 0.627. The molecule has 0 aliphatic heterocycles. The van der Waals surface area contributed by atoms with Crippen molar-refractivity contribution in [2.75, 3.05) is 6.61 Å². The van der Waals surface area contributed by atoms with Crippen molar-refractivity contribution in [1.82, 2.24) is 0 Å². The molecule has 1 aromatic carbocycles. The molecule has 14 heavy (non-hydrogen) atoms. The minimum atomic E-state index is -0.0429. The average molecular weight is 193 g/mol. The Hall–Kier alpha value is -0.860. The second kappa shape index (κ2) is 5.13. The van der Waals surface area contributed by atoms with Crippen LogP contribution in [0.15, 0.2) is 24.3 Å². The summed E-state index contributed by atoms with van der Waals surface area (Å²) in [6.45, 7) is 4.47. The molecule has 2 nitrogen and oxygen atoms in total. The molecule has 0 aromatic heterocycles. The Bertz CT molecular complexity index is 283. The summed E-state index contributed by atoms with van der Waals surface area (Å²) in [4.78, 5) is 0. The summed E-state index contributed by atoms with van der Waals surface area (Å²) in [6, 6.07) is 8.25. The molecule has 1 atom stereocenters. The van der Waals surface area contributed by atoms with Crippen LogP contribution in [0.3, 0.4) is 0 Å². The van der Waals surface area contributed by atoms with Crippen LogP contribution >= 0.6 is 0 Å². The van der Waals surface area contributed by atoms with E-state index in [2.05, 4.69) is 26.0 Å². The third-order valence-electron chi connectivity index (χ3n) is 2.45. The number of benzene rings is 1. The molecule has 78 valence electrons. The van der Waals surface area contributed by atoms with Crippen LogP contribution in [-0.2, 0) is 0 Å². The van der Waals surface area contributed by atoms with Crippen LogP contribution in [0.4, 0.5) is 0 Å². The smallest absolute Gasteiger partial charge is 0.0449 e. The van der Waals surface area contributed by atoms with Crippen molar-refractivity contribution in [2.45, 2.75) is 32.2 Å². The van der Waals surface area contributed by atoms with Crippen LogP contribution in [0, 0.1) is 0 Å². The van der Waals surface area contributed by atoms with E-state index in [0.717, 1.165) is 5.56 Å². The van der Waals surface area contributed by atoms with Gasteiger partial charge in [0.15, 0.2) is 0 Å². The Morgan fingerprint density at radius 1 is 1.29 bits per heavy atom. The summed E-state index contributed by atoms with van der Waals surface area (Å²) in [5.74, 6) is 0.524. The Kier molecular flexibility index (Phi) is 4.11. The SMILES string of the molecule is CC(C)c1cccc(C(N)CCO)c1. The molecule has 1 aromatic rings. The van der Waals surface area contributed by atoms with Gasteiger partial charge in [-0.1, -0.05) is 38.1 Å². The van der Waals surface area contributed by atoms with Gasteiger partial charge in [-0.15, -0.1) is 0 Å². The lowest BCUT2D eigenvalue weighted by molar-refractivity contribution is 0.276. The Morgan fingerprint density at radius 3 is 2.50 bits per heavy atom. The molecular weight excluding hydrogens is 174 g/mol. The maximum absolute atomic E-state index is 8.80. The topological polar surface area (TPSA) is 46.2 Å². The highest BCUT2D eigenvalue weighted by Gasteiger charge is 2.06. The number of hydrogen-bond donors (Lipinski definition) is 2. The molecule has 0 radical (unpaired) electrons. The van der Waals surface area contributed by atoms with Gasteiger partial charge in [0.25, 0.3) is 0 Å². The fraction of sp³-hybridized carbons (Fsp3) is 0.500. The molecule has 1 unspecified atom stereocenters. The first-order valence-electron chi connectivity index (χ1n) is 5.11. The lowest BCUT2D eigenvalue weighted by Gasteiger charge is -2.13. The van der Waals surface area contributed by atoms with Gasteiger partial charge in [0.05, 0.1) is 0 Å². The monoisotopic (exact) mass is 193 g/mol. The van der Waals surface area contributed by atoms with Crippen molar-refractivity contribution in [3.05, 3.63) is 35.4 Å². The lowest BCUT2D eigenvalue weighted by atomic mass is 9.97. The van der Waals surface area contributed by atoms with Gasteiger partial charge in [0, 0.05) is 12.6 Å². The van der Waals surface area contributed by atoms with Crippen molar-refractivity contribution in [2.24, 2.45) is 5.73 Å². The normalized spacial score (nSPS) is 13.2. The zero-order chi connectivity index (χ0) is 10.6. The summed E-state index contributed by atoms with van der Waals surface area (Å²) in [7, 11) is 0. The standard InChI is InChI=1S/C12H19NO/c1-9(2)10-4-3-5-11(8-10)12(13)6-7-14/h3-5,8-9,12,14H,6-7,13H2,1-2H3. The van der Waals surface area contributed by atoms with Crippen LogP contribution in [-0.4, -0.2) is 11.7 Å². The van der Waals surface area contributed by atoms with Crippen molar-refractivity contribution in [3.63, 3.8) is 0 Å². The second-order valence-corrected chi connectivity index (χ2v) is 3.94. The van der Waals surface area contributed by atoms with Crippen LogP contribution in [0.1, 0.15) is 43.4 Å². The predicted molar refractivity (Wildman–Crippen MR) is 59.2 cm³/mol.